The molecule has 0 aliphatic carbocycles. The summed E-state index contributed by atoms with van der Waals surface area (Å²) in [5.74, 6) is -0.977. The minimum absolute atomic E-state index is 0.00462. The van der Waals surface area contributed by atoms with E-state index in [1.165, 1.54) is 6.07 Å². The highest BCUT2D eigenvalue weighted by Crippen LogP contribution is 2.51. The summed E-state index contributed by atoms with van der Waals surface area (Å²) in [5.41, 5.74) is 0. The number of pyridine rings is 1. The van der Waals surface area contributed by atoms with Crippen LogP contribution < -0.4 is 4.52 Å². The van der Waals surface area contributed by atoms with Gasteiger partial charge >= 0.3 is 12.7 Å². The Labute approximate surface area is 147 Å². The lowest BCUT2D eigenvalue weighted by atomic mass is 10.3. The van der Waals surface area contributed by atoms with Crippen LogP contribution in [0.1, 0.15) is 19.8 Å². The summed E-state index contributed by atoms with van der Waals surface area (Å²) in [4.78, 5) is 14.3. The van der Waals surface area contributed by atoms with Gasteiger partial charge in [-0.05, 0) is 19.4 Å². The summed E-state index contributed by atoms with van der Waals surface area (Å²) < 4.78 is 16.2. The number of halogens is 3. The molecule has 0 saturated carbocycles. The number of nitrogens with zero attached hydrogens (tertiary/aromatic N) is 1. The molecule has 1 N–H and O–H groups in total. The third-order valence-corrected chi connectivity index (χ3v) is 5.39. The average Bonchev–Trinajstić information content (AvgIpc) is 2.41. The van der Waals surface area contributed by atoms with Gasteiger partial charge in [0.15, 0.2) is 5.15 Å². The molecule has 0 radical (unpaired) electrons. The number of carbonyl (C=O) groups is 1. The molecule has 0 amide bonds. The SMILES string of the molecule is CCOP(=S)(OCCCC(=O)O)Oc1nc(Cl)c(Cl)cc1Cl. The van der Waals surface area contributed by atoms with E-state index in [0.717, 1.165) is 0 Å². The molecule has 1 aromatic rings. The van der Waals surface area contributed by atoms with Crippen LogP contribution in [-0.4, -0.2) is 29.3 Å². The van der Waals surface area contributed by atoms with Crippen LogP contribution in [0, 0.1) is 0 Å². The van der Waals surface area contributed by atoms with Crippen molar-refractivity contribution in [3.8, 4) is 5.88 Å². The van der Waals surface area contributed by atoms with Gasteiger partial charge in [0, 0.05) is 18.2 Å². The van der Waals surface area contributed by atoms with Crippen LogP contribution in [0.4, 0.5) is 0 Å². The van der Waals surface area contributed by atoms with E-state index in [1.54, 1.807) is 6.92 Å². The molecule has 1 aromatic heterocycles. The Hall–Kier alpha value is -0.140. The lowest BCUT2D eigenvalue weighted by Gasteiger charge is -2.21. The molecule has 0 aliphatic rings. The first kappa shape index (κ1) is 19.9. The minimum Gasteiger partial charge on any atom is -0.481 e. The fourth-order valence-electron chi connectivity index (χ4n) is 1.25. The second-order valence-corrected chi connectivity index (χ2v) is 7.94. The molecule has 0 bridgehead atoms. The zero-order valence-corrected chi connectivity index (χ0v) is 15.4. The largest absolute Gasteiger partial charge is 0.481 e. The number of rotatable bonds is 9. The Bertz CT molecular complexity index is 589. The van der Waals surface area contributed by atoms with Gasteiger partial charge in [-0.15, -0.1) is 0 Å². The average molecular weight is 409 g/mol. The van der Waals surface area contributed by atoms with Gasteiger partial charge in [-0.3, -0.25) is 13.8 Å². The Morgan fingerprint density at radius 3 is 2.64 bits per heavy atom. The number of hydrogen-bond acceptors (Lipinski definition) is 6. The fraction of sp³-hybridized carbons (Fsp3) is 0.455. The zero-order valence-electron chi connectivity index (χ0n) is 11.4. The number of hydrogen-bond donors (Lipinski definition) is 1. The highest BCUT2D eigenvalue weighted by atomic mass is 35.5. The second-order valence-electron chi connectivity index (χ2n) is 3.83. The maximum atomic E-state index is 10.5. The topological polar surface area (TPSA) is 77.9 Å². The van der Waals surface area contributed by atoms with Crippen LogP contribution in [0.3, 0.4) is 0 Å². The first-order chi connectivity index (χ1) is 10.3. The second kappa shape index (κ2) is 9.23. The summed E-state index contributed by atoms with van der Waals surface area (Å²) >= 11 is 22.8. The van der Waals surface area contributed by atoms with Crippen LogP contribution in [-0.2, 0) is 25.6 Å². The molecule has 1 rings (SSSR count). The third-order valence-electron chi connectivity index (χ3n) is 2.12. The van der Waals surface area contributed by atoms with Crippen molar-refractivity contribution in [2.75, 3.05) is 13.2 Å². The molecule has 22 heavy (non-hydrogen) atoms. The van der Waals surface area contributed by atoms with Crippen molar-refractivity contribution < 1.29 is 23.5 Å². The molecule has 1 atom stereocenters. The Balaban J connectivity index is 2.80. The van der Waals surface area contributed by atoms with Crippen molar-refractivity contribution in [1.29, 1.82) is 0 Å². The minimum atomic E-state index is -3.17. The van der Waals surface area contributed by atoms with E-state index in [-0.39, 0.29) is 47.1 Å². The van der Waals surface area contributed by atoms with E-state index in [4.69, 9.17) is 65.3 Å². The van der Waals surface area contributed by atoms with Crippen LogP contribution >= 0.6 is 41.5 Å². The fourth-order valence-corrected chi connectivity index (χ4v) is 3.78. The number of aromatic nitrogens is 1. The van der Waals surface area contributed by atoms with Gasteiger partial charge in [-0.2, -0.15) is 4.98 Å². The van der Waals surface area contributed by atoms with Crippen LogP contribution in [0.5, 0.6) is 5.88 Å². The zero-order chi connectivity index (χ0) is 16.8. The highest BCUT2D eigenvalue weighted by molar-refractivity contribution is 8.07. The molecular formula is C11H13Cl3NO5PS. The molecule has 0 aliphatic heterocycles. The first-order valence-corrected chi connectivity index (χ1v) is 9.78. The molecule has 0 spiro atoms. The van der Waals surface area contributed by atoms with E-state index in [2.05, 4.69) is 4.98 Å². The smallest absolute Gasteiger partial charge is 0.381 e. The Morgan fingerprint density at radius 2 is 2.05 bits per heavy atom. The lowest BCUT2D eigenvalue weighted by Crippen LogP contribution is -2.06. The molecular weight excluding hydrogens is 396 g/mol. The van der Waals surface area contributed by atoms with Crippen molar-refractivity contribution in [3.63, 3.8) is 0 Å². The molecule has 0 aromatic carbocycles. The maximum Gasteiger partial charge on any atom is 0.381 e. The monoisotopic (exact) mass is 407 g/mol. The van der Waals surface area contributed by atoms with Gasteiger partial charge in [0.25, 0.3) is 0 Å². The maximum absolute atomic E-state index is 10.5. The van der Waals surface area contributed by atoms with Crippen LogP contribution in [0.25, 0.3) is 0 Å². The van der Waals surface area contributed by atoms with Gasteiger partial charge in [-0.1, -0.05) is 34.8 Å². The van der Waals surface area contributed by atoms with Crippen LogP contribution in [0.15, 0.2) is 6.07 Å². The van der Waals surface area contributed by atoms with Gasteiger partial charge in [0.1, 0.15) is 5.02 Å². The Morgan fingerprint density at radius 1 is 1.36 bits per heavy atom. The summed E-state index contributed by atoms with van der Waals surface area (Å²) in [6.07, 6.45) is 0.222. The molecule has 0 fully saturated rings. The van der Waals surface area contributed by atoms with E-state index in [1.807, 2.05) is 0 Å². The summed E-state index contributed by atoms with van der Waals surface area (Å²) in [5, 5.41) is 8.87. The molecule has 1 unspecified atom stereocenters. The predicted octanol–water partition coefficient (Wildman–Crippen LogP) is 4.56. The lowest BCUT2D eigenvalue weighted by molar-refractivity contribution is -0.137. The molecule has 1 heterocycles. The molecule has 0 saturated heterocycles. The van der Waals surface area contributed by atoms with Crippen molar-refractivity contribution in [3.05, 3.63) is 21.3 Å². The van der Waals surface area contributed by atoms with Crippen molar-refractivity contribution >= 4 is 59.3 Å². The summed E-state index contributed by atoms with van der Waals surface area (Å²) in [7, 11) is 0. The van der Waals surface area contributed by atoms with Crippen molar-refractivity contribution in [1.82, 2.24) is 4.98 Å². The van der Waals surface area contributed by atoms with Gasteiger partial charge in [-0.25, -0.2) is 0 Å². The van der Waals surface area contributed by atoms with Gasteiger partial charge in [0.2, 0.25) is 5.88 Å². The van der Waals surface area contributed by atoms with Gasteiger partial charge in [0.05, 0.1) is 18.2 Å². The molecule has 11 heteroatoms. The quantitative estimate of drug-likeness (QED) is 0.364. The highest BCUT2D eigenvalue weighted by Gasteiger charge is 2.25. The summed E-state index contributed by atoms with van der Waals surface area (Å²) in [6.45, 7) is -1.14. The standard InChI is InChI=1S/C11H13Cl3NO5PS/c1-2-18-21(22,19-5-3-4-9(16)17)20-11-8(13)6-7(12)10(14)15-11/h6H,2-5H2,1H3,(H,16,17). The number of carboxylic acids is 1. The van der Waals surface area contributed by atoms with Gasteiger partial charge < -0.3 is 9.63 Å². The van der Waals surface area contributed by atoms with Crippen molar-refractivity contribution in [2.24, 2.45) is 0 Å². The van der Waals surface area contributed by atoms with Crippen molar-refractivity contribution in [2.45, 2.75) is 19.8 Å². The first-order valence-electron chi connectivity index (χ1n) is 6.09. The molecule has 6 nitrogen and oxygen atoms in total. The van der Waals surface area contributed by atoms with E-state index in [9.17, 15) is 4.79 Å². The van der Waals surface area contributed by atoms with Crippen LogP contribution in [0.2, 0.25) is 15.2 Å². The normalized spacial score (nSPS) is 13.6. The van der Waals surface area contributed by atoms with E-state index in [0.29, 0.717) is 0 Å². The Kier molecular flexibility index (Phi) is 8.35. The third kappa shape index (κ3) is 6.54. The number of carboxylic acid groups (broad SMARTS) is 1. The number of aliphatic carboxylic acids is 1. The molecule has 124 valence electrons. The van der Waals surface area contributed by atoms with E-state index < -0.39 is 12.7 Å². The summed E-state index contributed by atoms with van der Waals surface area (Å²) in [6, 6.07) is 1.36. The predicted molar refractivity (Wildman–Crippen MR) is 88.6 cm³/mol. The van der Waals surface area contributed by atoms with E-state index >= 15 is 0 Å².